The number of rotatable bonds is 6. The fourth-order valence-electron chi connectivity index (χ4n) is 6.21. The molecule has 0 saturated heterocycles. The molecule has 33 heavy (non-hydrogen) atoms. The lowest BCUT2D eigenvalue weighted by atomic mass is 9.49. The first-order valence-electron chi connectivity index (χ1n) is 12.0. The molecule has 0 amide bonds. The second kappa shape index (κ2) is 9.25. The fraction of sp³-hybridized carbons (Fsp3) is 0.500. The zero-order chi connectivity index (χ0) is 23.8. The average molecular weight is 512 g/mol. The van der Waals surface area contributed by atoms with Gasteiger partial charge in [-0.2, -0.15) is 0 Å². The van der Waals surface area contributed by atoms with Crippen LogP contribution in [0.4, 0.5) is 0 Å². The molecule has 3 atom stereocenters. The van der Waals surface area contributed by atoms with Crippen molar-refractivity contribution in [2.24, 2.45) is 16.5 Å². The summed E-state index contributed by atoms with van der Waals surface area (Å²) in [5.74, 6) is -0.139. The van der Waals surface area contributed by atoms with E-state index >= 15 is 0 Å². The Kier molecular flexibility index (Phi) is 6.73. The van der Waals surface area contributed by atoms with Gasteiger partial charge in [0.05, 0.1) is 11.6 Å². The molecule has 1 N–H and O–H groups in total. The molecule has 2 aromatic rings. The molecule has 4 rings (SSSR count). The van der Waals surface area contributed by atoms with E-state index in [9.17, 15) is 9.90 Å². The molecule has 0 aliphatic heterocycles. The van der Waals surface area contributed by atoms with Crippen LogP contribution in [0.15, 0.2) is 46.0 Å². The Morgan fingerprint density at radius 2 is 1.97 bits per heavy atom. The molecular formula is C28H34BrNO3. The van der Waals surface area contributed by atoms with Crippen LogP contribution in [0.25, 0.3) is 0 Å². The molecule has 2 aliphatic carbocycles. The summed E-state index contributed by atoms with van der Waals surface area (Å²) in [6.45, 7) is 9.08. The van der Waals surface area contributed by atoms with Gasteiger partial charge in [-0.05, 0) is 95.9 Å². The van der Waals surface area contributed by atoms with Gasteiger partial charge >= 0.3 is 5.97 Å². The number of carboxylic acids is 1. The molecule has 2 aliphatic rings. The third kappa shape index (κ3) is 4.49. The Hall–Kier alpha value is -2.14. The summed E-state index contributed by atoms with van der Waals surface area (Å²) in [5.41, 5.74) is 5.30. The summed E-state index contributed by atoms with van der Waals surface area (Å²) in [5, 5.41) is 14.4. The fourth-order valence-corrected chi connectivity index (χ4v) is 6.47. The molecule has 5 heteroatoms. The highest BCUT2D eigenvalue weighted by Crippen LogP contribution is 2.57. The lowest BCUT2D eigenvalue weighted by molar-refractivity contribution is -0.157. The maximum absolute atomic E-state index is 12.3. The summed E-state index contributed by atoms with van der Waals surface area (Å²) < 4.78 is 1.04. The van der Waals surface area contributed by atoms with E-state index in [1.807, 2.05) is 37.4 Å². The Morgan fingerprint density at radius 3 is 2.64 bits per heavy atom. The molecule has 2 aromatic carbocycles. The van der Waals surface area contributed by atoms with Gasteiger partial charge in [-0.25, -0.2) is 0 Å². The second-order valence-corrected chi connectivity index (χ2v) is 11.4. The van der Waals surface area contributed by atoms with E-state index in [4.69, 9.17) is 4.84 Å². The molecule has 0 aromatic heterocycles. The van der Waals surface area contributed by atoms with Crippen LogP contribution in [-0.4, -0.2) is 17.3 Å². The first-order valence-corrected chi connectivity index (χ1v) is 12.7. The van der Waals surface area contributed by atoms with Crippen LogP contribution in [0, 0.1) is 11.3 Å². The smallest absolute Gasteiger partial charge is 0.309 e. The van der Waals surface area contributed by atoms with Crippen molar-refractivity contribution < 1.29 is 14.7 Å². The molecule has 0 spiro atoms. The molecular weight excluding hydrogens is 478 g/mol. The quantitative estimate of drug-likeness (QED) is 0.329. The summed E-state index contributed by atoms with van der Waals surface area (Å²) in [6, 6.07) is 12.6. The minimum atomic E-state index is -0.663. The molecule has 4 nitrogen and oxygen atoms in total. The maximum atomic E-state index is 12.3. The predicted octanol–water partition coefficient (Wildman–Crippen LogP) is 7.22. The number of carboxylic acid groups (broad SMARTS) is 1. The number of aliphatic carboxylic acids is 1. The summed E-state index contributed by atoms with van der Waals surface area (Å²) in [4.78, 5) is 17.9. The number of fused-ring (bicyclic) bond motifs is 3. The summed E-state index contributed by atoms with van der Waals surface area (Å²) in [6.07, 6.45) is 6.45. The van der Waals surface area contributed by atoms with E-state index in [1.165, 1.54) is 16.7 Å². The van der Waals surface area contributed by atoms with Crippen molar-refractivity contribution >= 4 is 28.1 Å². The minimum absolute atomic E-state index is 0.130. The zero-order valence-electron chi connectivity index (χ0n) is 20.0. The highest BCUT2D eigenvalue weighted by atomic mass is 79.9. The highest BCUT2D eigenvalue weighted by Gasteiger charge is 2.55. The number of carbonyl (C=O) groups is 1. The predicted molar refractivity (Wildman–Crippen MR) is 136 cm³/mol. The lowest BCUT2D eigenvalue weighted by Gasteiger charge is -2.53. The van der Waals surface area contributed by atoms with Gasteiger partial charge in [0.2, 0.25) is 0 Å². The first-order chi connectivity index (χ1) is 15.6. The van der Waals surface area contributed by atoms with Crippen LogP contribution in [-0.2, 0) is 28.1 Å². The van der Waals surface area contributed by atoms with E-state index in [0.717, 1.165) is 47.7 Å². The van der Waals surface area contributed by atoms with Crippen LogP contribution in [0.2, 0.25) is 0 Å². The van der Waals surface area contributed by atoms with Crippen LogP contribution in [0.1, 0.15) is 87.1 Å². The second-order valence-electron chi connectivity index (χ2n) is 10.5. The molecule has 0 bridgehead atoms. The number of benzene rings is 2. The SMILES string of the molecule is CC(C)c1cc2c(cc1/C=N/OCc1ccc(Br)cc1)[C@@]1(C)CCCC(C)(C(=O)O)C1CC2. The summed E-state index contributed by atoms with van der Waals surface area (Å²) >= 11 is 3.45. The standard InChI is InChI=1S/C28H34BrNO3/c1-18(2)23-14-20-8-11-25-27(3,12-5-13-28(25,4)26(31)32)24(20)15-21(23)16-30-33-17-19-6-9-22(29)10-7-19/h6-7,9-10,14-16,18,25H,5,8,11-13,17H2,1-4H3,(H,31,32)/b30-16+/t25?,27-,28?/m1/s1. The number of nitrogens with zero attached hydrogens (tertiary/aromatic N) is 1. The third-order valence-corrected chi connectivity index (χ3v) is 8.61. The van der Waals surface area contributed by atoms with Crippen molar-refractivity contribution in [3.8, 4) is 0 Å². The van der Waals surface area contributed by atoms with Crippen LogP contribution < -0.4 is 0 Å². The maximum Gasteiger partial charge on any atom is 0.309 e. The van der Waals surface area contributed by atoms with Gasteiger partial charge in [0, 0.05) is 4.47 Å². The number of oxime groups is 1. The Bertz CT molecular complexity index is 1060. The van der Waals surface area contributed by atoms with E-state index in [2.05, 4.69) is 54.0 Å². The molecule has 1 saturated carbocycles. The van der Waals surface area contributed by atoms with Crippen LogP contribution >= 0.6 is 15.9 Å². The van der Waals surface area contributed by atoms with E-state index < -0.39 is 11.4 Å². The topological polar surface area (TPSA) is 58.9 Å². The van der Waals surface area contributed by atoms with E-state index in [0.29, 0.717) is 12.5 Å². The van der Waals surface area contributed by atoms with Crippen LogP contribution in [0.5, 0.6) is 0 Å². The Labute approximate surface area is 205 Å². The van der Waals surface area contributed by atoms with Crippen molar-refractivity contribution in [2.45, 2.75) is 77.7 Å². The van der Waals surface area contributed by atoms with Crippen molar-refractivity contribution in [1.82, 2.24) is 0 Å². The molecule has 1 fully saturated rings. The molecule has 0 radical (unpaired) electrons. The van der Waals surface area contributed by atoms with E-state index in [1.54, 1.807) is 0 Å². The van der Waals surface area contributed by atoms with Gasteiger partial charge in [-0.3, -0.25) is 4.79 Å². The Balaban J connectivity index is 1.65. The van der Waals surface area contributed by atoms with Crippen molar-refractivity contribution in [1.29, 1.82) is 0 Å². The highest BCUT2D eigenvalue weighted by molar-refractivity contribution is 9.10. The van der Waals surface area contributed by atoms with Crippen molar-refractivity contribution in [3.63, 3.8) is 0 Å². The number of aryl methyl sites for hydroxylation is 1. The minimum Gasteiger partial charge on any atom is -0.481 e. The van der Waals surface area contributed by atoms with Gasteiger partial charge < -0.3 is 9.94 Å². The Morgan fingerprint density at radius 1 is 1.24 bits per heavy atom. The van der Waals surface area contributed by atoms with Gasteiger partial charge in [0.1, 0.15) is 6.61 Å². The number of hydrogen-bond donors (Lipinski definition) is 1. The number of halogens is 1. The van der Waals surface area contributed by atoms with Crippen molar-refractivity contribution in [3.05, 3.63) is 68.7 Å². The van der Waals surface area contributed by atoms with Gasteiger partial charge in [0.15, 0.2) is 0 Å². The van der Waals surface area contributed by atoms with E-state index in [-0.39, 0.29) is 11.3 Å². The lowest BCUT2D eigenvalue weighted by Crippen LogP contribution is -2.52. The number of hydrogen-bond acceptors (Lipinski definition) is 3. The zero-order valence-corrected chi connectivity index (χ0v) is 21.6. The summed E-state index contributed by atoms with van der Waals surface area (Å²) in [7, 11) is 0. The molecule has 2 unspecified atom stereocenters. The van der Waals surface area contributed by atoms with Crippen LogP contribution in [0.3, 0.4) is 0 Å². The molecule has 176 valence electrons. The van der Waals surface area contributed by atoms with Gasteiger partial charge in [-0.15, -0.1) is 0 Å². The third-order valence-electron chi connectivity index (χ3n) is 8.08. The first kappa shape index (κ1) is 24.0. The van der Waals surface area contributed by atoms with Crippen molar-refractivity contribution in [2.75, 3.05) is 0 Å². The molecule has 0 heterocycles. The van der Waals surface area contributed by atoms with Gasteiger partial charge in [0.25, 0.3) is 0 Å². The monoisotopic (exact) mass is 511 g/mol. The largest absolute Gasteiger partial charge is 0.481 e. The average Bonchev–Trinajstić information content (AvgIpc) is 2.77. The van der Waals surface area contributed by atoms with Gasteiger partial charge in [-0.1, -0.05) is 66.5 Å². The normalized spacial score (nSPS) is 26.8.